The number of nitro benzene ring substituents is 1. The number of benzene rings is 1. The van der Waals surface area contributed by atoms with Gasteiger partial charge in [0.2, 0.25) is 0 Å². The minimum atomic E-state index is -0.842. The summed E-state index contributed by atoms with van der Waals surface area (Å²) in [4.78, 5) is 37.7. The Morgan fingerprint density at radius 2 is 2.07 bits per heavy atom. The number of rotatable bonds is 6. The molecule has 1 aromatic heterocycles. The molecule has 142 valence electrons. The highest BCUT2D eigenvalue weighted by molar-refractivity contribution is 8.78. The van der Waals surface area contributed by atoms with Crippen molar-refractivity contribution in [2.24, 2.45) is 0 Å². The fourth-order valence-corrected chi connectivity index (χ4v) is 4.84. The number of para-hydroxylation sites is 1. The average molecular weight is 409 g/mol. The average Bonchev–Trinajstić information content (AvgIpc) is 3.06. The van der Waals surface area contributed by atoms with Gasteiger partial charge in [0.1, 0.15) is 6.10 Å². The standard InChI is InChI=1S/C16H15N3O6S2/c1-9-7-18(16(22)17-14(9)21)15-13(6-10(8-20)25-15)27-26-12-5-3-2-4-11(12)19(23)24/h2-7,10,15,20H,8H2,1H3,(H,17,21,22)/t10-,15?/m0/s1. The second kappa shape index (κ2) is 8.13. The van der Waals surface area contributed by atoms with E-state index in [4.69, 9.17) is 4.74 Å². The van der Waals surface area contributed by atoms with Crippen LogP contribution in [0.25, 0.3) is 0 Å². The number of ether oxygens (including phenoxy) is 1. The van der Waals surface area contributed by atoms with Crippen LogP contribution in [-0.4, -0.2) is 32.3 Å². The van der Waals surface area contributed by atoms with Gasteiger partial charge in [0.05, 0.1) is 16.4 Å². The highest BCUT2D eigenvalue weighted by Crippen LogP contribution is 2.47. The number of aromatic amines is 1. The molecule has 2 aromatic rings. The molecule has 11 heteroatoms. The minimum absolute atomic E-state index is 0.0261. The van der Waals surface area contributed by atoms with Crippen LogP contribution in [0.1, 0.15) is 11.8 Å². The zero-order chi connectivity index (χ0) is 19.6. The summed E-state index contributed by atoms with van der Waals surface area (Å²) in [5.74, 6) is 0. The lowest BCUT2D eigenvalue weighted by molar-refractivity contribution is -0.387. The van der Waals surface area contributed by atoms with Crippen molar-refractivity contribution in [3.05, 3.63) is 78.0 Å². The van der Waals surface area contributed by atoms with E-state index in [0.717, 1.165) is 10.8 Å². The summed E-state index contributed by atoms with van der Waals surface area (Å²) < 4.78 is 6.91. The summed E-state index contributed by atoms with van der Waals surface area (Å²) in [6.45, 7) is 1.28. The maximum atomic E-state index is 12.2. The minimum Gasteiger partial charge on any atom is -0.393 e. The maximum absolute atomic E-state index is 12.2. The van der Waals surface area contributed by atoms with Gasteiger partial charge in [-0.2, -0.15) is 0 Å². The lowest BCUT2D eigenvalue weighted by atomic mass is 10.3. The van der Waals surface area contributed by atoms with E-state index in [1.165, 1.54) is 27.6 Å². The number of hydrogen-bond acceptors (Lipinski definition) is 8. The number of H-pyrrole nitrogens is 1. The van der Waals surface area contributed by atoms with Crippen LogP contribution in [0.2, 0.25) is 0 Å². The smallest absolute Gasteiger partial charge is 0.330 e. The van der Waals surface area contributed by atoms with Crippen molar-refractivity contribution in [2.45, 2.75) is 24.2 Å². The van der Waals surface area contributed by atoms with Gasteiger partial charge < -0.3 is 9.84 Å². The molecule has 1 aliphatic heterocycles. The Morgan fingerprint density at radius 1 is 1.33 bits per heavy atom. The number of nitrogens with one attached hydrogen (secondary N) is 1. The fraction of sp³-hybridized carbons (Fsp3) is 0.250. The van der Waals surface area contributed by atoms with Crippen LogP contribution in [0.3, 0.4) is 0 Å². The Morgan fingerprint density at radius 3 is 2.78 bits per heavy atom. The summed E-state index contributed by atoms with van der Waals surface area (Å²) in [6, 6.07) is 6.31. The highest BCUT2D eigenvalue weighted by atomic mass is 33.1. The van der Waals surface area contributed by atoms with E-state index >= 15 is 0 Å². The van der Waals surface area contributed by atoms with Crippen LogP contribution in [0, 0.1) is 17.0 Å². The van der Waals surface area contributed by atoms with Crippen molar-refractivity contribution in [1.82, 2.24) is 9.55 Å². The SMILES string of the molecule is Cc1cn(C2O[C@H](CO)C=C2SSc2ccccc2[N+](=O)[O-])c(=O)[nH]c1=O. The highest BCUT2D eigenvalue weighted by Gasteiger charge is 2.30. The largest absolute Gasteiger partial charge is 0.393 e. The molecular formula is C16H15N3O6S2. The zero-order valence-corrected chi connectivity index (χ0v) is 15.7. The first-order valence-electron chi connectivity index (χ1n) is 7.78. The Bertz CT molecular complexity index is 1020. The van der Waals surface area contributed by atoms with E-state index in [1.807, 2.05) is 0 Å². The van der Waals surface area contributed by atoms with Crippen LogP contribution >= 0.6 is 21.6 Å². The lowest BCUT2D eigenvalue weighted by Gasteiger charge is -2.18. The second-order valence-electron chi connectivity index (χ2n) is 5.65. The molecule has 0 spiro atoms. The molecule has 1 aliphatic rings. The molecule has 0 saturated carbocycles. The molecule has 0 radical (unpaired) electrons. The molecular weight excluding hydrogens is 394 g/mol. The molecule has 3 rings (SSSR count). The van der Waals surface area contributed by atoms with Gasteiger partial charge >= 0.3 is 5.69 Å². The van der Waals surface area contributed by atoms with Crippen molar-refractivity contribution >= 4 is 27.3 Å². The van der Waals surface area contributed by atoms with Gasteiger partial charge in [0.25, 0.3) is 11.2 Å². The van der Waals surface area contributed by atoms with Gasteiger partial charge in [-0.3, -0.25) is 24.5 Å². The Labute approximate surface area is 160 Å². The number of nitro groups is 1. The molecule has 0 bridgehead atoms. The zero-order valence-electron chi connectivity index (χ0n) is 14.0. The summed E-state index contributed by atoms with van der Waals surface area (Å²) in [5, 5.41) is 20.5. The molecule has 9 nitrogen and oxygen atoms in total. The summed E-state index contributed by atoms with van der Waals surface area (Å²) in [7, 11) is 2.35. The third kappa shape index (κ3) is 4.16. The van der Waals surface area contributed by atoms with E-state index in [-0.39, 0.29) is 12.3 Å². The first-order chi connectivity index (χ1) is 12.9. The molecule has 2 N–H and O–H groups in total. The first kappa shape index (κ1) is 19.4. The molecule has 0 amide bonds. The first-order valence-corrected chi connectivity index (χ1v) is 9.93. The van der Waals surface area contributed by atoms with Crippen LogP contribution in [0.4, 0.5) is 5.69 Å². The van der Waals surface area contributed by atoms with Gasteiger partial charge in [0, 0.05) is 22.7 Å². The van der Waals surface area contributed by atoms with Crippen molar-refractivity contribution in [1.29, 1.82) is 0 Å². The number of hydrogen-bond donors (Lipinski definition) is 2. The van der Waals surface area contributed by atoms with Gasteiger partial charge in [-0.1, -0.05) is 22.9 Å². The summed E-state index contributed by atoms with van der Waals surface area (Å²) in [6.07, 6.45) is 1.58. The van der Waals surface area contributed by atoms with Crippen LogP contribution in [-0.2, 0) is 4.74 Å². The molecule has 2 atom stereocenters. The van der Waals surface area contributed by atoms with Gasteiger partial charge in [-0.25, -0.2) is 4.79 Å². The predicted molar refractivity (Wildman–Crippen MR) is 102 cm³/mol. The Kier molecular flexibility index (Phi) is 5.85. The number of aliphatic hydroxyl groups is 1. The third-order valence-electron chi connectivity index (χ3n) is 3.77. The predicted octanol–water partition coefficient (Wildman–Crippen LogP) is 1.97. The summed E-state index contributed by atoms with van der Waals surface area (Å²) in [5.41, 5.74) is -0.819. The molecule has 0 aliphatic carbocycles. The van der Waals surface area contributed by atoms with E-state index < -0.39 is 28.5 Å². The van der Waals surface area contributed by atoms with Crippen LogP contribution in [0.5, 0.6) is 0 Å². The fourth-order valence-electron chi connectivity index (χ4n) is 2.44. The maximum Gasteiger partial charge on any atom is 0.330 e. The number of aliphatic hydroxyl groups excluding tert-OH is 1. The monoisotopic (exact) mass is 409 g/mol. The number of aromatic nitrogens is 2. The van der Waals surface area contributed by atoms with Crippen molar-refractivity contribution in [3.63, 3.8) is 0 Å². The molecule has 0 fully saturated rings. The molecule has 1 unspecified atom stereocenters. The topological polar surface area (TPSA) is 127 Å². The normalized spacial score (nSPS) is 19.1. The van der Waals surface area contributed by atoms with Crippen molar-refractivity contribution in [2.75, 3.05) is 6.61 Å². The third-order valence-corrected chi connectivity index (χ3v) is 6.27. The van der Waals surface area contributed by atoms with Crippen molar-refractivity contribution in [3.8, 4) is 0 Å². The molecule has 27 heavy (non-hydrogen) atoms. The van der Waals surface area contributed by atoms with Gasteiger partial charge in [0.15, 0.2) is 6.23 Å². The van der Waals surface area contributed by atoms with E-state index in [2.05, 4.69) is 4.98 Å². The Balaban J connectivity index is 1.89. The second-order valence-corrected chi connectivity index (χ2v) is 7.89. The Hall–Kier alpha value is -2.34. The molecule has 0 saturated heterocycles. The van der Waals surface area contributed by atoms with E-state index in [1.54, 1.807) is 31.2 Å². The number of nitrogens with zero attached hydrogens (tertiary/aromatic N) is 2. The summed E-state index contributed by atoms with van der Waals surface area (Å²) >= 11 is 0. The van der Waals surface area contributed by atoms with Crippen molar-refractivity contribution < 1.29 is 14.8 Å². The van der Waals surface area contributed by atoms with Crippen LogP contribution < -0.4 is 11.2 Å². The quantitative estimate of drug-likeness (QED) is 0.421. The van der Waals surface area contributed by atoms with Gasteiger partial charge in [-0.15, -0.1) is 0 Å². The number of aryl methyl sites for hydroxylation is 1. The van der Waals surface area contributed by atoms with E-state index in [0.29, 0.717) is 15.4 Å². The van der Waals surface area contributed by atoms with E-state index in [9.17, 15) is 24.8 Å². The lowest BCUT2D eigenvalue weighted by Crippen LogP contribution is -2.34. The molecule has 2 heterocycles. The van der Waals surface area contributed by atoms with Gasteiger partial charge in [-0.05, 0) is 29.9 Å². The molecule has 1 aromatic carbocycles. The van der Waals surface area contributed by atoms with Crippen LogP contribution in [0.15, 0.2) is 55.9 Å².